The number of fused-ring (bicyclic) bond motifs is 1. The van der Waals surface area contributed by atoms with Crippen molar-refractivity contribution in [1.29, 1.82) is 0 Å². The Kier molecular flexibility index (Phi) is 6.18. The van der Waals surface area contributed by atoms with Crippen LogP contribution in [-0.2, 0) is 19.3 Å². The molecule has 0 radical (unpaired) electrons. The van der Waals surface area contributed by atoms with Crippen molar-refractivity contribution in [3.05, 3.63) is 69.5 Å². The van der Waals surface area contributed by atoms with Gasteiger partial charge < -0.3 is 0 Å². The van der Waals surface area contributed by atoms with E-state index >= 15 is 0 Å². The molecule has 1 unspecified atom stereocenters. The third-order valence-electron chi connectivity index (χ3n) is 5.43. The van der Waals surface area contributed by atoms with E-state index in [1.54, 1.807) is 0 Å². The lowest BCUT2D eigenvalue weighted by atomic mass is 9.79. The summed E-state index contributed by atoms with van der Waals surface area (Å²) < 4.78 is 70.0. The van der Waals surface area contributed by atoms with Crippen LogP contribution in [0.4, 0.5) is 22.0 Å². The van der Waals surface area contributed by atoms with Gasteiger partial charge in [0.05, 0.1) is 0 Å². The Hall–Kier alpha value is -1.91. The molecular formula is C22H23F5. The molecule has 1 aliphatic rings. The van der Waals surface area contributed by atoms with Crippen LogP contribution in [0.25, 0.3) is 0 Å². The summed E-state index contributed by atoms with van der Waals surface area (Å²) in [6.07, 6.45) is 5.22. The number of rotatable bonds is 6. The third kappa shape index (κ3) is 4.17. The Morgan fingerprint density at radius 1 is 0.852 bits per heavy atom. The number of halogens is 5. The molecule has 0 aliphatic heterocycles. The molecule has 1 atom stereocenters. The van der Waals surface area contributed by atoms with Gasteiger partial charge in [0.1, 0.15) is 11.6 Å². The fourth-order valence-electron chi connectivity index (χ4n) is 3.99. The minimum atomic E-state index is -1.49. The van der Waals surface area contributed by atoms with E-state index < -0.39 is 35.0 Å². The molecule has 2 aromatic rings. The van der Waals surface area contributed by atoms with Gasteiger partial charge in [0.2, 0.25) is 0 Å². The smallest absolute Gasteiger partial charge is 0.194 e. The Bertz CT molecular complexity index is 805. The van der Waals surface area contributed by atoms with Gasteiger partial charge >= 0.3 is 0 Å². The van der Waals surface area contributed by atoms with E-state index in [1.165, 1.54) is 12.1 Å². The quantitative estimate of drug-likeness (QED) is 0.294. The van der Waals surface area contributed by atoms with E-state index in [9.17, 15) is 22.0 Å². The topological polar surface area (TPSA) is 0 Å². The molecule has 0 spiro atoms. The number of aryl methyl sites for hydroxylation is 1. The lowest BCUT2D eigenvalue weighted by molar-refractivity contribution is 0.424. The van der Waals surface area contributed by atoms with Crippen molar-refractivity contribution in [3.63, 3.8) is 0 Å². The predicted octanol–water partition coefficient (Wildman–Crippen LogP) is 6.78. The maximum atomic E-state index is 14.6. The van der Waals surface area contributed by atoms with Crippen LogP contribution >= 0.6 is 0 Å². The van der Waals surface area contributed by atoms with Gasteiger partial charge in [-0.05, 0) is 72.9 Å². The number of unbranched alkanes of at least 4 members (excludes halogenated alkanes) is 3. The van der Waals surface area contributed by atoms with E-state index in [2.05, 4.69) is 6.92 Å². The van der Waals surface area contributed by atoms with Crippen LogP contribution in [0.5, 0.6) is 0 Å². The maximum absolute atomic E-state index is 14.6. The van der Waals surface area contributed by atoms with E-state index in [1.807, 2.05) is 0 Å². The highest BCUT2D eigenvalue weighted by Gasteiger charge is 2.29. The average molecular weight is 382 g/mol. The summed E-state index contributed by atoms with van der Waals surface area (Å²) in [4.78, 5) is 0. The molecule has 0 aromatic heterocycles. The van der Waals surface area contributed by atoms with Crippen LogP contribution in [0.1, 0.15) is 67.2 Å². The maximum Gasteiger partial charge on any atom is 0.194 e. The fourth-order valence-corrected chi connectivity index (χ4v) is 3.99. The highest BCUT2D eigenvalue weighted by Crippen LogP contribution is 2.37. The molecule has 0 saturated carbocycles. The van der Waals surface area contributed by atoms with Crippen LogP contribution in [0, 0.1) is 29.1 Å². The second-order valence-electron chi connectivity index (χ2n) is 7.35. The number of hydrogen-bond acceptors (Lipinski definition) is 0. The fraction of sp³-hybridized carbons (Fsp3) is 0.455. The second-order valence-corrected chi connectivity index (χ2v) is 7.35. The van der Waals surface area contributed by atoms with Crippen molar-refractivity contribution in [2.75, 3.05) is 0 Å². The minimum absolute atomic E-state index is 0.0388. The zero-order valence-corrected chi connectivity index (χ0v) is 15.4. The van der Waals surface area contributed by atoms with Crippen molar-refractivity contribution in [2.45, 2.75) is 64.2 Å². The first-order chi connectivity index (χ1) is 12.9. The van der Waals surface area contributed by atoms with Gasteiger partial charge in [-0.1, -0.05) is 26.2 Å². The Labute approximate surface area is 156 Å². The Morgan fingerprint density at radius 3 is 2.22 bits per heavy atom. The first-order valence-corrected chi connectivity index (χ1v) is 9.55. The van der Waals surface area contributed by atoms with Gasteiger partial charge in [0.25, 0.3) is 0 Å². The molecule has 0 fully saturated rings. The summed E-state index contributed by atoms with van der Waals surface area (Å²) in [5.41, 5.74) is 0.979. The molecule has 0 heterocycles. The molecule has 0 bridgehead atoms. The molecule has 2 aromatic carbocycles. The van der Waals surface area contributed by atoms with Gasteiger partial charge in [-0.3, -0.25) is 0 Å². The standard InChI is InChI=1S/C22H23F5/c1-2-3-4-5-6-13-9-17(23)20(18(24)10-13)14-7-8-16-15(11-14)12-19(25)22(27)21(16)26/h9-10,12,14H,2-8,11H2,1H3. The SMILES string of the molecule is CCCCCCc1cc(F)c(C2CCc3c(cc(F)c(F)c3F)C2)c(F)c1. The first kappa shape index (κ1) is 19.8. The highest BCUT2D eigenvalue weighted by atomic mass is 19.2. The van der Waals surface area contributed by atoms with Crippen LogP contribution in [0.3, 0.4) is 0 Å². The summed E-state index contributed by atoms with van der Waals surface area (Å²) in [7, 11) is 0. The molecule has 0 nitrogen and oxygen atoms in total. The monoisotopic (exact) mass is 382 g/mol. The highest BCUT2D eigenvalue weighted by molar-refractivity contribution is 5.38. The van der Waals surface area contributed by atoms with Gasteiger partial charge in [-0.15, -0.1) is 0 Å². The lowest BCUT2D eigenvalue weighted by Crippen LogP contribution is -2.18. The molecule has 1 aliphatic carbocycles. The molecule has 146 valence electrons. The zero-order chi connectivity index (χ0) is 19.6. The van der Waals surface area contributed by atoms with Crippen molar-refractivity contribution in [2.24, 2.45) is 0 Å². The summed E-state index contributed by atoms with van der Waals surface area (Å²) in [5, 5.41) is 0. The average Bonchev–Trinajstić information content (AvgIpc) is 2.63. The van der Waals surface area contributed by atoms with Crippen molar-refractivity contribution < 1.29 is 22.0 Å². The van der Waals surface area contributed by atoms with Crippen molar-refractivity contribution >= 4 is 0 Å². The summed E-state index contributed by atoms with van der Waals surface area (Å²) >= 11 is 0. The van der Waals surface area contributed by atoms with Gasteiger partial charge in [0, 0.05) is 5.56 Å². The zero-order valence-electron chi connectivity index (χ0n) is 15.4. The normalized spacial score (nSPS) is 16.4. The Balaban J connectivity index is 1.81. The molecule has 0 saturated heterocycles. The molecule has 0 amide bonds. The summed E-state index contributed by atoms with van der Waals surface area (Å²) in [6.45, 7) is 2.10. The molecule has 0 N–H and O–H groups in total. The first-order valence-electron chi connectivity index (χ1n) is 9.55. The van der Waals surface area contributed by atoms with Gasteiger partial charge in [-0.25, -0.2) is 22.0 Å². The summed E-state index contributed by atoms with van der Waals surface area (Å²) in [6, 6.07) is 3.68. The molecule has 27 heavy (non-hydrogen) atoms. The van der Waals surface area contributed by atoms with Crippen molar-refractivity contribution in [1.82, 2.24) is 0 Å². The van der Waals surface area contributed by atoms with Crippen LogP contribution in [0.2, 0.25) is 0 Å². The second kappa shape index (κ2) is 8.41. The van der Waals surface area contributed by atoms with E-state index in [-0.39, 0.29) is 29.5 Å². The number of benzene rings is 2. The molecule has 5 heteroatoms. The molecule has 3 rings (SSSR count). The van der Waals surface area contributed by atoms with Gasteiger partial charge in [-0.2, -0.15) is 0 Å². The minimum Gasteiger partial charge on any atom is -0.207 e. The van der Waals surface area contributed by atoms with E-state index in [0.717, 1.165) is 31.7 Å². The largest absolute Gasteiger partial charge is 0.207 e. The van der Waals surface area contributed by atoms with Crippen LogP contribution < -0.4 is 0 Å². The number of hydrogen-bond donors (Lipinski definition) is 0. The van der Waals surface area contributed by atoms with E-state index in [0.29, 0.717) is 18.4 Å². The van der Waals surface area contributed by atoms with E-state index in [4.69, 9.17) is 0 Å². The van der Waals surface area contributed by atoms with Crippen LogP contribution in [-0.4, -0.2) is 0 Å². The predicted molar refractivity (Wildman–Crippen MR) is 95.3 cm³/mol. The third-order valence-corrected chi connectivity index (χ3v) is 5.43. The van der Waals surface area contributed by atoms with Crippen molar-refractivity contribution in [3.8, 4) is 0 Å². The Morgan fingerprint density at radius 2 is 1.56 bits per heavy atom. The van der Waals surface area contributed by atoms with Crippen LogP contribution in [0.15, 0.2) is 18.2 Å². The summed E-state index contributed by atoms with van der Waals surface area (Å²) in [5.74, 6) is -5.69. The lowest BCUT2D eigenvalue weighted by Gasteiger charge is -2.26. The van der Waals surface area contributed by atoms with Gasteiger partial charge in [0.15, 0.2) is 17.5 Å². The molecular weight excluding hydrogens is 359 g/mol.